The molecule has 0 atom stereocenters. The number of carbonyl (C=O) groups excluding carboxylic acids is 1. The van der Waals surface area contributed by atoms with Gasteiger partial charge in [0.2, 0.25) is 0 Å². The van der Waals surface area contributed by atoms with Crippen molar-refractivity contribution >= 4 is 22.0 Å². The second-order valence-electron chi connectivity index (χ2n) is 5.03. The summed E-state index contributed by atoms with van der Waals surface area (Å²) in [5.74, 6) is -3.10. The highest BCUT2D eigenvalue weighted by Crippen LogP contribution is 2.28. The lowest BCUT2D eigenvalue weighted by Gasteiger charge is -2.33. The molecule has 0 aromatic carbocycles. The van der Waals surface area contributed by atoms with Crippen molar-refractivity contribution in [3.8, 4) is 0 Å². The summed E-state index contributed by atoms with van der Waals surface area (Å²) in [6.45, 7) is -2.54. The van der Waals surface area contributed by atoms with Crippen LogP contribution in [0.25, 0.3) is 0 Å². The first kappa shape index (κ1) is 7.25. The Morgan fingerprint density at radius 1 is 1.50 bits per heavy atom. The van der Waals surface area contributed by atoms with Gasteiger partial charge in [0.25, 0.3) is 0 Å². The average molecular weight is 350 g/mol. The summed E-state index contributed by atoms with van der Waals surface area (Å²) in [5, 5.41) is 0. The van der Waals surface area contributed by atoms with Crippen molar-refractivity contribution in [2.75, 3.05) is 13.0 Å². The van der Waals surface area contributed by atoms with Crippen LogP contribution in [0.1, 0.15) is 57.3 Å². The Labute approximate surface area is 141 Å². The van der Waals surface area contributed by atoms with E-state index in [9.17, 15) is 4.79 Å². The molecule has 1 fully saturated rings. The van der Waals surface area contributed by atoms with Crippen LogP contribution in [-0.4, -0.2) is 34.6 Å². The number of likely N-dealkylation sites (tertiary alicyclic amines) is 1. The van der Waals surface area contributed by atoms with Gasteiger partial charge in [-0.25, -0.2) is 9.78 Å². The summed E-state index contributed by atoms with van der Waals surface area (Å²) >= 11 is 3.07. The van der Waals surface area contributed by atoms with E-state index < -0.39 is 43.3 Å². The molecule has 0 saturated carbocycles. The highest BCUT2D eigenvalue weighted by atomic mass is 79.9. The molecule has 2 heterocycles. The number of carbonyl (C=O) groups is 1. The lowest BCUT2D eigenvalue weighted by Crippen LogP contribution is -2.41. The van der Waals surface area contributed by atoms with Crippen LogP contribution in [0.4, 0.5) is 4.79 Å². The minimum atomic E-state index is -3.45. The van der Waals surface area contributed by atoms with Crippen LogP contribution < -0.4 is 0 Å². The quantitative estimate of drug-likeness (QED) is 0.720. The molecule has 110 valence electrons. The van der Waals surface area contributed by atoms with Crippen LogP contribution in [0.3, 0.4) is 0 Å². The minimum absolute atomic E-state index is 0.218. The van der Waals surface area contributed by atoms with E-state index in [4.69, 9.17) is 17.1 Å². The molecule has 0 N–H and O–H groups in total. The van der Waals surface area contributed by atoms with Crippen LogP contribution in [0.15, 0.2) is 22.9 Å². The molecule has 1 aliphatic rings. The molecular formula is C15H21BrN2O2. The van der Waals surface area contributed by atoms with E-state index in [2.05, 4.69) is 20.9 Å². The molecule has 1 aromatic rings. The summed E-state index contributed by atoms with van der Waals surface area (Å²) in [6, 6.07) is 2.47. The average Bonchev–Trinajstić information content (AvgIpc) is 2.50. The van der Waals surface area contributed by atoms with E-state index in [1.54, 1.807) is 0 Å². The van der Waals surface area contributed by atoms with Crippen LogP contribution in [0.5, 0.6) is 0 Å². The van der Waals surface area contributed by atoms with Crippen molar-refractivity contribution in [3.63, 3.8) is 0 Å². The SMILES string of the molecule is [2H]C1([2H])N(C(=O)OC(C)(C)C)C([2H])([2H])C([2H])([2H])C([2H])(c2ccc(Br)nc2)C1([2H])[2H]. The smallest absolute Gasteiger partial charge is 0.410 e. The number of halogens is 1. The Morgan fingerprint density at radius 2 is 2.15 bits per heavy atom. The Hall–Kier alpha value is -1.10. The zero-order chi connectivity index (χ0) is 22.8. The molecule has 0 aliphatic carbocycles. The zero-order valence-electron chi connectivity index (χ0n) is 20.3. The first-order chi connectivity index (χ1) is 12.7. The highest BCUT2D eigenvalue weighted by molar-refractivity contribution is 9.10. The predicted molar refractivity (Wildman–Crippen MR) is 81.7 cm³/mol. The number of ether oxygens (including phenoxy) is 1. The van der Waals surface area contributed by atoms with E-state index in [0.717, 1.165) is 12.3 Å². The van der Waals surface area contributed by atoms with Crippen LogP contribution >= 0.6 is 15.9 Å². The molecule has 5 heteroatoms. The molecule has 20 heavy (non-hydrogen) atoms. The van der Waals surface area contributed by atoms with Crippen molar-refractivity contribution in [2.45, 2.75) is 45.0 Å². The van der Waals surface area contributed by atoms with Crippen molar-refractivity contribution in [1.82, 2.24) is 9.88 Å². The Balaban J connectivity index is 2.79. The van der Waals surface area contributed by atoms with E-state index in [1.807, 2.05) is 0 Å². The van der Waals surface area contributed by atoms with Crippen LogP contribution in [-0.2, 0) is 4.74 Å². The Morgan fingerprint density at radius 3 is 2.65 bits per heavy atom. The number of hydrogen-bond donors (Lipinski definition) is 0. The first-order valence-corrected chi connectivity index (χ1v) is 6.70. The molecule has 1 aliphatic heterocycles. The third kappa shape index (κ3) is 4.20. The zero-order valence-corrected chi connectivity index (χ0v) is 12.9. The van der Waals surface area contributed by atoms with Gasteiger partial charge in [0, 0.05) is 31.5 Å². The van der Waals surface area contributed by atoms with Crippen molar-refractivity contribution in [2.24, 2.45) is 0 Å². The predicted octanol–water partition coefficient (Wildman–Crippen LogP) is 3.96. The van der Waals surface area contributed by atoms with Crippen LogP contribution in [0.2, 0.25) is 0 Å². The Kier molecular flexibility index (Phi) is 2.22. The number of amides is 1. The van der Waals surface area contributed by atoms with Gasteiger partial charge >= 0.3 is 6.09 Å². The Bertz CT molecular complexity index is 781. The number of rotatable bonds is 1. The van der Waals surface area contributed by atoms with Gasteiger partial charge < -0.3 is 9.64 Å². The van der Waals surface area contributed by atoms with Gasteiger partial charge in [0.1, 0.15) is 10.2 Å². The first-order valence-electron chi connectivity index (χ1n) is 10.4. The van der Waals surface area contributed by atoms with Gasteiger partial charge in [-0.05, 0) is 67.0 Å². The van der Waals surface area contributed by atoms with E-state index in [1.165, 1.54) is 26.8 Å². The van der Waals surface area contributed by atoms with Gasteiger partial charge in [-0.1, -0.05) is 6.07 Å². The maximum Gasteiger partial charge on any atom is 0.410 e. The van der Waals surface area contributed by atoms with Crippen molar-refractivity contribution in [1.29, 1.82) is 0 Å². The molecule has 0 spiro atoms. The fourth-order valence-electron chi connectivity index (χ4n) is 1.35. The number of aromatic nitrogens is 1. The monoisotopic (exact) mass is 349 g/mol. The summed E-state index contributed by atoms with van der Waals surface area (Å²) in [7, 11) is 0. The third-order valence-electron chi connectivity index (χ3n) is 2.18. The largest absolute Gasteiger partial charge is 0.444 e. The molecule has 0 unspecified atom stereocenters. The third-order valence-corrected chi connectivity index (χ3v) is 2.65. The van der Waals surface area contributed by atoms with Crippen molar-refractivity contribution in [3.05, 3.63) is 28.5 Å². The normalized spacial score (nSPS) is 35.4. The molecular weight excluding hydrogens is 320 g/mol. The molecule has 1 saturated heterocycles. The summed E-state index contributed by atoms with van der Waals surface area (Å²) in [4.78, 5) is 16.2. The topological polar surface area (TPSA) is 42.4 Å². The molecule has 0 bridgehead atoms. The molecule has 0 radical (unpaired) electrons. The number of pyridine rings is 1. The molecule has 1 amide bonds. The summed E-state index contributed by atoms with van der Waals surface area (Å²) in [6.07, 6.45) is -7.40. The number of hydrogen-bond acceptors (Lipinski definition) is 3. The lowest BCUT2D eigenvalue weighted by molar-refractivity contribution is 0.0205. The molecule has 4 nitrogen and oxygen atoms in total. The number of nitrogens with zero attached hydrogens (tertiary/aromatic N) is 2. The summed E-state index contributed by atoms with van der Waals surface area (Å²) < 4.78 is 80.6. The maximum atomic E-state index is 12.6. The second-order valence-corrected chi connectivity index (χ2v) is 5.85. The van der Waals surface area contributed by atoms with Crippen molar-refractivity contribution < 1.29 is 21.9 Å². The highest BCUT2D eigenvalue weighted by Gasteiger charge is 2.27. The summed E-state index contributed by atoms with van der Waals surface area (Å²) in [5.41, 5.74) is -1.55. The van der Waals surface area contributed by atoms with Gasteiger partial charge in [0.05, 0.1) is 0 Å². The van der Waals surface area contributed by atoms with Gasteiger partial charge in [-0.2, -0.15) is 0 Å². The second kappa shape index (κ2) is 6.12. The fourth-order valence-corrected chi connectivity index (χ4v) is 1.58. The van der Waals surface area contributed by atoms with Gasteiger partial charge in [0.15, 0.2) is 0 Å². The maximum absolute atomic E-state index is 12.6. The minimum Gasteiger partial charge on any atom is -0.444 e. The van der Waals surface area contributed by atoms with E-state index >= 15 is 0 Å². The van der Waals surface area contributed by atoms with E-state index in [-0.39, 0.29) is 10.5 Å². The standard InChI is InChI=1S/C15H21BrN2O2/c1-15(2,3)20-14(19)18-8-6-11(7-9-18)12-4-5-13(16)17-10-12/h4-5,10-11H,6-9H2,1-3H3/i6D2,7D2,8D2,9D2,11D. The lowest BCUT2D eigenvalue weighted by atomic mass is 9.91. The number of piperidine rings is 1. The molecule has 1 aromatic heterocycles. The van der Waals surface area contributed by atoms with Crippen LogP contribution in [0, 0.1) is 0 Å². The van der Waals surface area contributed by atoms with Gasteiger partial charge in [-0.3, -0.25) is 0 Å². The fraction of sp³-hybridized carbons (Fsp3) is 0.600. The van der Waals surface area contributed by atoms with Gasteiger partial charge in [-0.15, -0.1) is 0 Å². The van der Waals surface area contributed by atoms with E-state index in [0.29, 0.717) is 4.60 Å². The molecule has 2 rings (SSSR count).